The standard InChI is InChI=1S/C15H22N4O.2ClH/c16-11-1-2-13(17-10-11)9-15(20)18-12-5-7-19(8-6-12)14-3-4-14;;/h1-2,10,12,14H,3-9,16H2,(H,18,20);2*1H. The Balaban J connectivity index is 0.00000121. The predicted molar refractivity (Wildman–Crippen MR) is 92.6 cm³/mol. The van der Waals surface area contributed by atoms with Crippen molar-refractivity contribution in [2.45, 2.75) is 44.2 Å². The van der Waals surface area contributed by atoms with Gasteiger partial charge in [0.1, 0.15) is 0 Å². The highest BCUT2D eigenvalue weighted by Crippen LogP contribution is 2.29. The number of rotatable bonds is 4. The maximum Gasteiger partial charge on any atom is 0.226 e. The Kier molecular flexibility index (Phi) is 7.39. The highest BCUT2D eigenvalue weighted by Gasteiger charge is 2.32. The number of nitrogen functional groups attached to an aromatic ring is 1. The van der Waals surface area contributed by atoms with Crippen molar-refractivity contribution in [3.8, 4) is 0 Å². The SMILES string of the molecule is Cl.Cl.Nc1ccc(CC(=O)NC2CCN(C3CC3)CC2)nc1. The van der Waals surface area contributed by atoms with Gasteiger partial charge in [0, 0.05) is 30.9 Å². The molecule has 1 saturated carbocycles. The molecule has 5 nitrogen and oxygen atoms in total. The molecular formula is C15H24Cl2N4O. The summed E-state index contributed by atoms with van der Waals surface area (Å²) in [6, 6.07) is 4.76. The van der Waals surface area contributed by atoms with E-state index in [2.05, 4.69) is 15.2 Å². The average molecular weight is 347 g/mol. The predicted octanol–water partition coefficient (Wildman–Crippen LogP) is 1.79. The molecule has 1 aromatic rings. The number of anilines is 1. The Bertz CT molecular complexity index is 471. The van der Waals surface area contributed by atoms with Crippen molar-refractivity contribution in [2.24, 2.45) is 0 Å². The summed E-state index contributed by atoms with van der Waals surface area (Å²) in [6.45, 7) is 2.24. The Hall–Kier alpha value is -1.04. The largest absolute Gasteiger partial charge is 0.397 e. The molecule has 1 aliphatic carbocycles. The Morgan fingerprint density at radius 2 is 1.91 bits per heavy atom. The molecule has 0 radical (unpaired) electrons. The number of hydrogen-bond acceptors (Lipinski definition) is 4. The summed E-state index contributed by atoms with van der Waals surface area (Å²) >= 11 is 0. The summed E-state index contributed by atoms with van der Waals surface area (Å²) in [5, 5.41) is 3.12. The molecule has 0 bridgehead atoms. The van der Waals surface area contributed by atoms with Crippen LogP contribution in [0.2, 0.25) is 0 Å². The van der Waals surface area contributed by atoms with Gasteiger partial charge in [0.05, 0.1) is 18.3 Å². The van der Waals surface area contributed by atoms with Crippen LogP contribution in [0, 0.1) is 0 Å². The van der Waals surface area contributed by atoms with E-state index in [4.69, 9.17) is 5.73 Å². The number of nitrogens with one attached hydrogen (secondary N) is 1. The van der Waals surface area contributed by atoms with E-state index in [1.54, 1.807) is 12.3 Å². The molecule has 1 aliphatic heterocycles. The van der Waals surface area contributed by atoms with Crippen molar-refractivity contribution >= 4 is 36.4 Å². The van der Waals surface area contributed by atoms with Gasteiger partial charge in [-0.2, -0.15) is 0 Å². The quantitative estimate of drug-likeness (QED) is 0.871. The van der Waals surface area contributed by atoms with Crippen LogP contribution >= 0.6 is 24.8 Å². The average Bonchev–Trinajstić information content (AvgIpc) is 3.27. The number of nitrogens with two attached hydrogens (primary N) is 1. The van der Waals surface area contributed by atoms with Crippen LogP contribution in [0.1, 0.15) is 31.4 Å². The molecule has 0 aromatic carbocycles. The third-order valence-corrected chi connectivity index (χ3v) is 4.15. The maximum absolute atomic E-state index is 12.0. The molecule has 2 aliphatic rings. The first-order valence-corrected chi connectivity index (χ1v) is 7.44. The van der Waals surface area contributed by atoms with E-state index in [0.717, 1.165) is 37.7 Å². The summed E-state index contributed by atoms with van der Waals surface area (Å²) in [5.41, 5.74) is 6.98. The summed E-state index contributed by atoms with van der Waals surface area (Å²) in [5.74, 6) is 0.0622. The number of amides is 1. The Labute approximate surface area is 143 Å². The number of carbonyl (C=O) groups is 1. The van der Waals surface area contributed by atoms with E-state index in [-0.39, 0.29) is 30.7 Å². The first kappa shape index (κ1) is 19.0. The first-order chi connectivity index (χ1) is 9.70. The van der Waals surface area contributed by atoms with Crippen LogP contribution in [0.25, 0.3) is 0 Å². The van der Waals surface area contributed by atoms with Gasteiger partial charge >= 0.3 is 0 Å². The molecule has 22 heavy (non-hydrogen) atoms. The second-order valence-electron chi connectivity index (χ2n) is 5.87. The fraction of sp³-hybridized carbons (Fsp3) is 0.600. The number of nitrogens with zero attached hydrogens (tertiary/aromatic N) is 2. The van der Waals surface area contributed by atoms with Crippen molar-refractivity contribution in [1.82, 2.24) is 15.2 Å². The summed E-state index contributed by atoms with van der Waals surface area (Å²) in [6.07, 6.45) is 6.79. The zero-order chi connectivity index (χ0) is 13.9. The van der Waals surface area contributed by atoms with E-state index in [9.17, 15) is 4.79 Å². The third-order valence-electron chi connectivity index (χ3n) is 4.15. The van der Waals surface area contributed by atoms with Gasteiger partial charge in [-0.1, -0.05) is 0 Å². The van der Waals surface area contributed by atoms with E-state index in [0.29, 0.717) is 18.2 Å². The van der Waals surface area contributed by atoms with Crippen molar-refractivity contribution < 1.29 is 4.79 Å². The lowest BCUT2D eigenvalue weighted by Gasteiger charge is -2.32. The first-order valence-electron chi connectivity index (χ1n) is 7.44. The molecule has 1 aromatic heterocycles. The number of likely N-dealkylation sites (tertiary alicyclic amines) is 1. The minimum atomic E-state index is 0. The molecule has 2 heterocycles. The van der Waals surface area contributed by atoms with Gasteiger partial charge in [-0.05, 0) is 37.8 Å². The number of halogens is 2. The summed E-state index contributed by atoms with van der Waals surface area (Å²) < 4.78 is 0. The van der Waals surface area contributed by atoms with Gasteiger partial charge in [0.25, 0.3) is 0 Å². The molecule has 2 fully saturated rings. The van der Waals surface area contributed by atoms with Crippen molar-refractivity contribution in [3.63, 3.8) is 0 Å². The molecule has 124 valence electrons. The van der Waals surface area contributed by atoms with E-state index in [1.165, 1.54) is 12.8 Å². The monoisotopic (exact) mass is 346 g/mol. The van der Waals surface area contributed by atoms with Crippen LogP contribution in [-0.4, -0.2) is 41.0 Å². The van der Waals surface area contributed by atoms with E-state index < -0.39 is 0 Å². The topological polar surface area (TPSA) is 71.2 Å². The molecule has 0 unspecified atom stereocenters. The van der Waals surface area contributed by atoms with E-state index in [1.807, 2.05) is 6.07 Å². The second-order valence-corrected chi connectivity index (χ2v) is 5.87. The smallest absolute Gasteiger partial charge is 0.226 e. The number of pyridine rings is 1. The van der Waals surface area contributed by atoms with Gasteiger partial charge in [-0.25, -0.2) is 0 Å². The molecular weight excluding hydrogens is 323 g/mol. The zero-order valence-corrected chi connectivity index (χ0v) is 14.2. The fourth-order valence-electron chi connectivity index (χ4n) is 2.83. The fourth-order valence-corrected chi connectivity index (χ4v) is 2.83. The van der Waals surface area contributed by atoms with Crippen molar-refractivity contribution in [3.05, 3.63) is 24.0 Å². The summed E-state index contributed by atoms with van der Waals surface area (Å²) in [7, 11) is 0. The minimum absolute atomic E-state index is 0. The van der Waals surface area contributed by atoms with Gasteiger partial charge in [0.2, 0.25) is 5.91 Å². The highest BCUT2D eigenvalue weighted by atomic mass is 35.5. The Morgan fingerprint density at radius 1 is 1.23 bits per heavy atom. The maximum atomic E-state index is 12.0. The summed E-state index contributed by atoms with van der Waals surface area (Å²) in [4.78, 5) is 18.7. The number of piperidine rings is 1. The van der Waals surface area contributed by atoms with Gasteiger partial charge in [0.15, 0.2) is 0 Å². The van der Waals surface area contributed by atoms with Crippen LogP contribution in [0.4, 0.5) is 5.69 Å². The normalized spacial score (nSPS) is 18.9. The van der Waals surface area contributed by atoms with Crippen molar-refractivity contribution in [1.29, 1.82) is 0 Å². The lowest BCUT2D eigenvalue weighted by atomic mass is 10.0. The van der Waals surface area contributed by atoms with Crippen LogP contribution in [0.15, 0.2) is 18.3 Å². The third kappa shape index (κ3) is 5.30. The number of hydrogen-bond donors (Lipinski definition) is 2. The van der Waals surface area contributed by atoms with Gasteiger partial charge < -0.3 is 16.0 Å². The molecule has 1 amide bonds. The van der Waals surface area contributed by atoms with Gasteiger partial charge in [-0.3, -0.25) is 9.78 Å². The molecule has 7 heteroatoms. The van der Waals surface area contributed by atoms with Crippen LogP contribution in [0.3, 0.4) is 0 Å². The molecule has 0 atom stereocenters. The lowest BCUT2D eigenvalue weighted by molar-refractivity contribution is -0.121. The second kappa shape index (κ2) is 8.56. The highest BCUT2D eigenvalue weighted by molar-refractivity contribution is 5.85. The molecule has 3 N–H and O–H groups in total. The molecule has 3 rings (SSSR count). The number of carbonyl (C=O) groups excluding carboxylic acids is 1. The van der Waals surface area contributed by atoms with Crippen LogP contribution < -0.4 is 11.1 Å². The van der Waals surface area contributed by atoms with Crippen LogP contribution in [0.5, 0.6) is 0 Å². The Morgan fingerprint density at radius 3 is 2.45 bits per heavy atom. The van der Waals surface area contributed by atoms with Gasteiger partial charge in [-0.15, -0.1) is 24.8 Å². The molecule has 1 saturated heterocycles. The number of aromatic nitrogens is 1. The van der Waals surface area contributed by atoms with Crippen LogP contribution in [-0.2, 0) is 11.2 Å². The zero-order valence-electron chi connectivity index (χ0n) is 12.5. The van der Waals surface area contributed by atoms with E-state index >= 15 is 0 Å². The van der Waals surface area contributed by atoms with Crippen molar-refractivity contribution in [2.75, 3.05) is 18.8 Å². The lowest BCUT2D eigenvalue weighted by Crippen LogP contribution is -2.45. The molecule has 0 spiro atoms. The minimum Gasteiger partial charge on any atom is -0.397 e.